The van der Waals surface area contributed by atoms with Gasteiger partial charge < -0.3 is 15.5 Å². The third-order valence-electron chi connectivity index (χ3n) is 7.18. The molecule has 0 aromatic heterocycles. The number of nitrogens with one attached hydrogen (secondary N) is 2. The smallest absolute Gasteiger partial charge is 0.165 e. The van der Waals surface area contributed by atoms with E-state index in [1.54, 1.807) is 0 Å². The molecule has 3 nitrogen and oxygen atoms in total. The highest BCUT2D eigenvalue weighted by molar-refractivity contribution is 5.59. The van der Waals surface area contributed by atoms with E-state index in [1.807, 2.05) is 44.0 Å². The standard InChI is InChI=1S/C34H43F4N3/c1-20(2)18-31(21(3)16-17-26-32(37)28(35)19-29(36)33(26)38)40-23(5)25(7)41(11)24(6)22(4)39-30-15-13-12-14-27(30)34(8,9)10/h12-15,19,25,31,39-40H,1,3-6,16-18H2,2,7-11H3/t25-,31-/m0/s1. The van der Waals surface area contributed by atoms with E-state index in [-0.39, 0.29) is 36.4 Å². The third-order valence-corrected chi connectivity index (χ3v) is 7.18. The van der Waals surface area contributed by atoms with Gasteiger partial charge in [-0.1, -0.05) is 76.4 Å². The molecule has 0 amide bonds. The Bertz CT molecular complexity index is 1310. The number of halogens is 4. The first-order valence-electron chi connectivity index (χ1n) is 13.5. The molecule has 0 bridgehead atoms. The fourth-order valence-electron chi connectivity index (χ4n) is 4.45. The highest BCUT2D eigenvalue weighted by Gasteiger charge is 2.24. The van der Waals surface area contributed by atoms with Crippen molar-refractivity contribution in [2.45, 2.75) is 71.4 Å². The van der Waals surface area contributed by atoms with Crippen LogP contribution in [0.25, 0.3) is 0 Å². The zero-order chi connectivity index (χ0) is 31.2. The zero-order valence-corrected chi connectivity index (χ0v) is 25.2. The predicted molar refractivity (Wildman–Crippen MR) is 163 cm³/mol. The van der Waals surface area contributed by atoms with Crippen molar-refractivity contribution in [3.8, 4) is 0 Å². The van der Waals surface area contributed by atoms with Crippen LogP contribution >= 0.6 is 0 Å². The molecular formula is C34H43F4N3. The number of rotatable bonds is 14. The second-order valence-electron chi connectivity index (χ2n) is 11.6. The molecule has 0 unspecified atom stereocenters. The number of anilines is 1. The Kier molecular flexibility index (Phi) is 11.2. The van der Waals surface area contributed by atoms with Crippen LogP contribution in [0.3, 0.4) is 0 Å². The van der Waals surface area contributed by atoms with Crippen LogP contribution in [0.1, 0.15) is 58.6 Å². The van der Waals surface area contributed by atoms with Gasteiger partial charge in [0.2, 0.25) is 0 Å². The molecule has 0 radical (unpaired) electrons. The van der Waals surface area contributed by atoms with Crippen molar-refractivity contribution < 1.29 is 17.6 Å². The van der Waals surface area contributed by atoms with Crippen molar-refractivity contribution >= 4 is 5.69 Å². The van der Waals surface area contributed by atoms with Gasteiger partial charge in [-0.25, -0.2) is 17.6 Å². The van der Waals surface area contributed by atoms with E-state index in [2.05, 4.69) is 70.4 Å². The van der Waals surface area contributed by atoms with E-state index in [0.29, 0.717) is 29.1 Å². The third kappa shape index (κ3) is 8.62. The molecule has 0 saturated carbocycles. The van der Waals surface area contributed by atoms with Gasteiger partial charge in [-0.3, -0.25) is 0 Å². The summed E-state index contributed by atoms with van der Waals surface area (Å²) in [6.45, 7) is 31.0. The van der Waals surface area contributed by atoms with Gasteiger partial charge >= 0.3 is 0 Å². The maximum atomic E-state index is 14.2. The topological polar surface area (TPSA) is 27.3 Å². The molecule has 2 rings (SSSR count). The molecule has 2 atom stereocenters. The van der Waals surface area contributed by atoms with Crippen LogP contribution in [-0.2, 0) is 11.8 Å². The van der Waals surface area contributed by atoms with Crippen LogP contribution in [0, 0.1) is 23.3 Å². The second-order valence-corrected chi connectivity index (χ2v) is 11.6. The summed E-state index contributed by atoms with van der Waals surface area (Å²) >= 11 is 0. The molecule has 41 heavy (non-hydrogen) atoms. The number of nitrogens with zero attached hydrogens (tertiary/aromatic N) is 1. The molecule has 0 spiro atoms. The van der Waals surface area contributed by atoms with Gasteiger partial charge in [0, 0.05) is 30.1 Å². The lowest BCUT2D eigenvalue weighted by molar-refractivity contribution is 0.349. The number of hydrogen-bond acceptors (Lipinski definition) is 3. The van der Waals surface area contributed by atoms with Gasteiger partial charge in [-0.15, -0.1) is 6.58 Å². The Morgan fingerprint density at radius 3 is 2.05 bits per heavy atom. The molecule has 0 aliphatic rings. The Balaban J connectivity index is 2.12. The molecule has 222 valence electrons. The van der Waals surface area contributed by atoms with Gasteiger partial charge in [0.05, 0.1) is 23.5 Å². The molecule has 0 heterocycles. The summed E-state index contributed by atoms with van der Waals surface area (Å²) in [5.41, 5.74) is 4.80. The highest BCUT2D eigenvalue weighted by Crippen LogP contribution is 2.31. The lowest BCUT2D eigenvalue weighted by Crippen LogP contribution is -2.40. The van der Waals surface area contributed by atoms with Crippen LogP contribution in [0.15, 0.2) is 91.5 Å². The number of hydrogen-bond donors (Lipinski definition) is 2. The maximum absolute atomic E-state index is 14.2. The summed E-state index contributed by atoms with van der Waals surface area (Å²) in [4.78, 5) is 1.94. The van der Waals surface area contributed by atoms with E-state index >= 15 is 0 Å². The first kappa shape index (κ1) is 33.5. The van der Waals surface area contributed by atoms with E-state index in [4.69, 9.17) is 0 Å². The molecular weight excluding hydrogens is 526 g/mol. The van der Waals surface area contributed by atoms with Crippen molar-refractivity contribution in [1.29, 1.82) is 0 Å². The van der Waals surface area contributed by atoms with Crippen LogP contribution in [0.4, 0.5) is 23.2 Å². The van der Waals surface area contributed by atoms with Crippen LogP contribution in [0.5, 0.6) is 0 Å². The number of likely N-dealkylation sites (N-methyl/N-ethyl adjacent to an activating group) is 1. The minimum Gasteiger partial charge on any atom is -0.380 e. The highest BCUT2D eigenvalue weighted by atomic mass is 19.2. The molecule has 7 heteroatoms. The fraction of sp³-hybridized carbons (Fsp3) is 0.353. The first-order valence-corrected chi connectivity index (χ1v) is 13.5. The average molecular weight is 570 g/mol. The molecule has 2 aromatic carbocycles. The molecule has 0 aliphatic heterocycles. The largest absolute Gasteiger partial charge is 0.380 e. The first-order chi connectivity index (χ1) is 18.9. The van der Waals surface area contributed by atoms with Crippen LogP contribution < -0.4 is 10.6 Å². The Morgan fingerprint density at radius 1 is 0.951 bits per heavy atom. The molecule has 0 aliphatic carbocycles. The SMILES string of the molecule is C=C(C)C[C@H](NC(=C)[C@H](C)N(C)C(=C)C(=C)Nc1ccccc1C(C)(C)C)C(=C)CCc1c(F)c(F)cc(F)c1F. The van der Waals surface area contributed by atoms with E-state index in [0.717, 1.165) is 16.8 Å². The molecule has 2 aromatic rings. The molecule has 0 saturated heterocycles. The van der Waals surface area contributed by atoms with Gasteiger partial charge in [0.25, 0.3) is 0 Å². The molecule has 2 N–H and O–H groups in total. The summed E-state index contributed by atoms with van der Waals surface area (Å²) in [6, 6.07) is 7.67. The quantitative estimate of drug-likeness (QED) is 0.103. The van der Waals surface area contributed by atoms with Crippen molar-refractivity contribution in [3.63, 3.8) is 0 Å². The summed E-state index contributed by atoms with van der Waals surface area (Å²) in [5, 5.41) is 6.77. The predicted octanol–water partition coefficient (Wildman–Crippen LogP) is 8.93. The number of para-hydroxylation sites is 1. The van der Waals surface area contributed by atoms with Gasteiger partial charge in [0.1, 0.15) is 0 Å². The summed E-state index contributed by atoms with van der Waals surface area (Å²) in [5.74, 6) is -5.63. The fourth-order valence-corrected chi connectivity index (χ4v) is 4.45. The van der Waals surface area contributed by atoms with Crippen molar-refractivity contribution in [2.24, 2.45) is 0 Å². The maximum Gasteiger partial charge on any atom is 0.165 e. The van der Waals surface area contributed by atoms with Gasteiger partial charge in [0.15, 0.2) is 23.3 Å². The Hall–Kier alpha value is -3.74. The van der Waals surface area contributed by atoms with Crippen molar-refractivity contribution in [2.75, 3.05) is 12.4 Å². The van der Waals surface area contributed by atoms with Crippen LogP contribution in [0.2, 0.25) is 0 Å². The summed E-state index contributed by atoms with van der Waals surface area (Å²) in [7, 11) is 1.88. The summed E-state index contributed by atoms with van der Waals surface area (Å²) < 4.78 is 55.7. The second kappa shape index (κ2) is 13.7. The lowest BCUT2D eigenvalue weighted by atomic mass is 9.86. The Labute approximate surface area is 243 Å². The van der Waals surface area contributed by atoms with E-state index in [1.165, 1.54) is 0 Å². The number of benzene rings is 2. The Morgan fingerprint density at radius 2 is 1.51 bits per heavy atom. The van der Waals surface area contributed by atoms with Gasteiger partial charge in [-0.05, 0) is 50.2 Å². The normalized spacial score (nSPS) is 12.7. The van der Waals surface area contributed by atoms with Gasteiger partial charge in [-0.2, -0.15) is 0 Å². The van der Waals surface area contributed by atoms with E-state index in [9.17, 15) is 17.6 Å². The van der Waals surface area contributed by atoms with E-state index < -0.39 is 28.8 Å². The summed E-state index contributed by atoms with van der Waals surface area (Å²) in [6.07, 6.45) is 0.329. The molecule has 0 fully saturated rings. The lowest BCUT2D eigenvalue weighted by Gasteiger charge is -2.34. The average Bonchev–Trinajstić information content (AvgIpc) is 2.89. The monoisotopic (exact) mass is 569 g/mol. The zero-order valence-electron chi connectivity index (χ0n) is 25.2. The van der Waals surface area contributed by atoms with Crippen molar-refractivity contribution in [1.82, 2.24) is 10.2 Å². The van der Waals surface area contributed by atoms with Crippen LogP contribution in [-0.4, -0.2) is 24.0 Å². The minimum atomic E-state index is -1.43. The minimum absolute atomic E-state index is 0.0658. The van der Waals surface area contributed by atoms with Crippen molar-refractivity contribution in [3.05, 3.63) is 126 Å².